The van der Waals surface area contributed by atoms with Crippen molar-refractivity contribution in [3.63, 3.8) is 0 Å². The van der Waals surface area contributed by atoms with Gasteiger partial charge in [0.15, 0.2) is 0 Å². The van der Waals surface area contributed by atoms with Gasteiger partial charge in [-0.25, -0.2) is 4.39 Å². The highest BCUT2D eigenvalue weighted by atomic mass is 19.1. The first-order valence-electron chi connectivity index (χ1n) is 12.5. The van der Waals surface area contributed by atoms with Crippen LogP contribution in [-0.4, -0.2) is 70.7 Å². The van der Waals surface area contributed by atoms with Gasteiger partial charge in [-0.05, 0) is 93.1 Å². The summed E-state index contributed by atoms with van der Waals surface area (Å²) in [4.78, 5) is 4.66. The van der Waals surface area contributed by atoms with E-state index in [1.54, 1.807) is 12.1 Å². The van der Waals surface area contributed by atoms with Gasteiger partial charge in [0.1, 0.15) is 11.4 Å². The molecular weight excluding hydrogens is 423 g/mol. The van der Waals surface area contributed by atoms with E-state index in [1.807, 2.05) is 6.07 Å². The Balaban J connectivity index is 1.07. The average Bonchev–Trinajstić information content (AvgIpc) is 3.49. The highest BCUT2D eigenvalue weighted by molar-refractivity contribution is 5.36. The van der Waals surface area contributed by atoms with Crippen LogP contribution in [0.25, 0.3) is 0 Å². The molecule has 4 fully saturated rings. The molecule has 0 radical (unpaired) electrons. The fourth-order valence-corrected chi connectivity index (χ4v) is 6.60. The number of ether oxygens (including phenoxy) is 1. The van der Waals surface area contributed by atoms with Crippen molar-refractivity contribution < 1.29 is 18.7 Å². The van der Waals surface area contributed by atoms with Crippen LogP contribution in [0.3, 0.4) is 0 Å². The minimum absolute atomic E-state index is 0.0861. The number of benzene rings is 1. The molecule has 8 heteroatoms. The zero-order chi connectivity index (χ0) is 22.4. The van der Waals surface area contributed by atoms with Gasteiger partial charge in [0.25, 0.3) is 0 Å². The van der Waals surface area contributed by atoms with Crippen molar-refractivity contribution in [2.24, 2.45) is 0 Å². The fraction of sp³-hybridized carbons (Fsp3) is 0.680. The van der Waals surface area contributed by atoms with Crippen molar-refractivity contribution in [2.75, 3.05) is 37.7 Å². The number of aromatic nitrogens is 2. The summed E-state index contributed by atoms with van der Waals surface area (Å²) in [5.41, 5.74) is 2.45. The molecule has 178 valence electrons. The van der Waals surface area contributed by atoms with E-state index in [4.69, 9.17) is 9.15 Å². The van der Waals surface area contributed by atoms with Crippen LogP contribution in [0.5, 0.6) is 0 Å². The maximum atomic E-state index is 14.2. The van der Waals surface area contributed by atoms with E-state index in [0.29, 0.717) is 23.9 Å². The van der Waals surface area contributed by atoms with Crippen LogP contribution in [0, 0.1) is 5.82 Å². The van der Waals surface area contributed by atoms with Gasteiger partial charge < -0.3 is 19.2 Å². The number of hydrogen-bond donors (Lipinski definition) is 1. The van der Waals surface area contributed by atoms with Crippen molar-refractivity contribution in [3.8, 4) is 0 Å². The number of aliphatic hydroxyl groups is 1. The Labute approximate surface area is 193 Å². The van der Waals surface area contributed by atoms with Crippen molar-refractivity contribution in [1.29, 1.82) is 0 Å². The summed E-state index contributed by atoms with van der Waals surface area (Å²) in [7, 11) is 0. The molecule has 1 aliphatic carbocycles. The molecule has 0 bridgehead atoms. The largest absolute Gasteiger partial charge is 0.411 e. The molecule has 1 N–H and O–H groups in total. The van der Waals surface area contributed by atoms with E-state index >= 15 is 0 Å². The van der Waals surface area contributed by atoms with Crippen LogP contribution in [-0.2, 0) is 4.74 Å². The van der Waals surface area contributed by atoms with Crippen molar-refractivity contribution in [1.82, 2.24) is 15.1 Å². The van der Waals surface area contributed by atoms with E-state index in [2.05, 4.69) is 20.0 Å². The molecule has 2 aromatic rings. The number of hydrogen-bond acceptors (Lipinski definition) is 7. The van der Waals surface area contributed by atoms with Gasteiger partial charge in [-0.15, -0.1) is 5.10 Å². The van der Waals surface area contributed by atoms with Crippen molar-refractivity contribution in [2.45, 2.75) is 74.5 Å². The van der Waals surface area contributed by atoms with E-state index in [1.165, 1.54) is 17.5 Å². The smallest absolute Gasteiger partial charge is 0.318 e. The average molecular weight is 457 g/mol. The first-order chi connectivity index (χ1) is 16.1. The van der Waals surface area contributed by atoms with Gasteiger partial charge >= 0.3 is 6.01 Å². The molecule has 1 saturated carbocycles. The Hall–Kier alpha value is -2.03. The number of anilines is 1. The number of rotatable bonds is 4. The van der Waals surface area contributed by atoms with Gasteiger partial charge in [0.05, 0.1) is 25.8 Å². The second-order valence-corrected chi connectivity index (χ2v) is 10.5. The number of nitrogens with zero attached hydrogens (tertiary/aromatic N) is 4. The predicted molar refractivity (Wildman–Crippen MR) is 121 cm³/mol. The first-order valence-corrected chi connectivity index (χ1v) is 12.5. The minimum Gasteiger partial charge on any atom is -0.411 e. The molecule has 1 atom stereocenters. The maximum Gasteiger partial charge on any atom is 0.318 e. The highest BCUT2D eigenvalue weighted by Gasteiger charge is 2.52. The molecule has 0 amide bonds. The third-order valence-corrected chi connectivity index (χ3v) is 8.44. The summed E-state index contributed by atoms with van der Waals surface area (Å²) in [5, 5.41) is 17.7. The number of likely N-dealkylation sites (tertiary alicyclic amines) is 1. The third-order valence-electron chi connectivity index (χ3n) is 8.44. The third kappa shape index (κ3) is 4.17. The van der Waals surface area contributed by atoms with Crippen LogP contribution in [0.2, 0.25) is 0 Å². The Bertz CT molecular complexity index is 949. The van der Waals surface area contributed by atoms with Crippen molar-refractivity contribution >= 4 is 6.01 Å². The Morgan fingerprint density at radius 3 is 2.48 bits per heavy atom. The monoisotopic (exact) mass is 456 g/mol. The Morgan fingerprint density at radius 2 is 1.76 bits per heavy atom. The second kappa shape index (κ2) is 8.64. The molecule has 3 saturated heterocycles. The molecule has 33 heavy (non-hydrogen) atoms. The topological polar surface area (TPSA) is 74.9 Å². The van der Waals surface area contributed by atoms with Gasteiger partial charge in [0.2, 0.25) is 6.39 Å². The van der Waals surface area contributed by atoms with Crippen LogP contribution in [0.15, 0.2) is 29.0 Å². The lowest BCUT2D eigenvalue weighted by Crippen LogP contribution is -2.62. The quantitative estimate of drug-likeness (QED) is 0.755. The highest BCUT2D eigenvalue weighted by Crippen LogP contribution is 2.42. The van der Waals surface area contributed by atoms with Crippen LogP contribution >= 0.6 is 0 Å². The fourth-order valence-electron chi connectivity index (χ4n) is 6.60. The predicted octanol–water partition coefficient (Wildman–Crippen LogP) is 3.45. The van der Waals surface area contributed by atoms with Gasteiger partial charge in [-0.1, -0.05) is 11.2 Å². The van der Waals surface area contributed by atoms with Gasteiger partial charge in [0, 0.05) is 6.04 Å². The minimum atomic E-state index is -0.167. The molecule has 6 rings (SSSR count). The molecule has 4 aliphatic rings. The summed E-state index contributed by atoms with van der Waals surface area (Å²) >= 11 is 0. The normalized spacial score (nSPS) is 30.6. The van der Waals surface area contributed by atoms with E-state index < -0.39 is 0 Å². The molecule has 1 aromatic heterocycles. The zero-order valence-corrected chi connectivity index (χ0v) is 19.0. The summed E-state index contributed by atoms with van der Waals surface area (Å²) < 4.78 is 25.8. The maximum absolute atomic E-state index is 14.2. The Morgan fingerprint density at radius 1 is 1.00 bits per heavy atom. The number of piperidine rings is 1. The Kier molecular flexibility index (Phi) is 5.63. The van der Waals surface area contributed by atoms with Gasteiger partial charge in [-0.3, -0.25) is 4.90 Å². The molecule has 4 heterocycles. The van der Waals surface area contributed by atoms with Crippen molar-refractivity contribution in [3.05, 3.63) is 41.5 Å². The molecule has 3 aliphatic heterocycles. The summed E-state index contributed by atoms with van der Waals surface area (Å²) in [6.07, 6.45) is 8.07. The number of aliphatic hydroxyl groups excluding tert-OH is 1. The number of halogens is 1. The SMILES string of the molecule is O[C@H]1CC[C@@H](c2ccc(F)cc2C2CCN([C@@H]3COC4(C3)CN(c3nnco3)C4)CC2)CC1. The lowest BCUT2D eigenvalue weighted by atomic mass is 9.76. The van der Waals surface area contributed by atoms with Crippen LogP contribution in [0.4, 0.5) is 10.4 Å². The first kappa shape index (κ1) is 21.5. The molecule has 1 aromatic carbocycles. The summed E-state index contributed by atoms with van der Waals surface area (Å²) in [6.45, 7) is 4.46. The van der Waals surface area contributed by atoms with Crippen LogP contribution in [0.1, 0.15) is 67.9 Å². The molecule has 0 unspecified atom stereocenters. The zero-order valence-electron chi connectivity index (χ0n) is 19.0. The standard InChI is InChI=1S/C25H33FN4O3/c26-19-3-6-22(17-1-4-21(31)5-2-17)23(11-19)18-7-9-29(10-8-18)20-12-25(33-13-20)14-30(15-25)24-28-27-16-32-24/h3,6,11,16-18,20-21,31H,1-2,4-5,7-10,12-15H2/t17-,20-,21+/m0/s1. The lowest BCUT2D eigenvalue weighted by molar-refractivity contribution is -0.0216. The van der Waals surface area contributed by atoms with Crippen LogP contribution < -0.4 is 4.90 Å². The molecular formula is C25H33FN4O3. The molecule has 7 nitrogen and oxygen atoms in total. The lowest BCUT2D eigenvalue weighted by Gasteiger charge is -2.46. The van der Waals surface area contributed by atoms with E-state index in [0.717, 1.165) is 77.7 Å². The molecule has 1 spiro atoms. The summed E-state index contributed by atoms with van der Waals surface area (Å²) in [5.74, 6) is 0.728. The summed E-state index contributed by atoms with van der Waals surface area (Å²) in [6, 6.07) is 6.44. The van der Waals surface area contributed by atoms with E-state index in [9.17, 15) is 9.50 Å². The second-order valence-electron chi connectivity index (χ2n) is 10.5. The van der Waals surface area contributed by atoms with E-state index in [-0.39, 0.29) is 17.5 Å². The van der Waals surface area contributed by atoms with Gasteiger partial charge in [-0.2, -0.15) is 0 Å².